The second kappa shape index (κ2) is 9.99. The second-order valence-electron chi connectivity index (χ2n) is 8.62. The Morgan fingerprint density at radius 3 is 2.34 bits per heavy atom. The van der Waals surface area contributed by atoms with E-state index in [-0.39, 0.29) is 0 Å². The van der Waals surface area contributed by atoms with Crippen molar-refractivity contribution >= 4 is 11.4 Å². The predicted molar refractivity (Wildman–Crippen MR) is 133 cm³/mol. The van der Waals surface area contributed by atoms with Gasteiger partial charge in [0.15, 0.2) is 0 Å². The Balaban J connectivity index is 1.75. The molecular weight excluding hydrogens is 438 g/mol. The molecule has 0 saturated heterocycles. The first-order valence-electron chi connectivity index (χ1n) is 11.8. The SMILES string of the molecule is CCCCc1nc(C)cn1Cc1ccc(=c2ccccc2=C2N=NN=N2)c(=C2C=CN(O)C=C2)c1. The van der Waals surface area contributed by atoms with E-state index >= 15 is 0 Å². The molecule has 0 aliphatic carbocycles. The van der Waals surface area contributed by atoms with Crippen molar-refractivity contribution < 1.29 is 5.21 Å². The van der Waals surface area contributed by atoms with Gasteiger partial charge in [0.25, 0.3) is 0 Å². The van der Waals surface area contributed by atoms with Crippen LogP contribution in [0.25, 0.3) is 11.4 Å². The minimum absolute atomic E-state index is 0.492. The zero-order valence-electron chi connectivity index (χ0n) is 19.8. The Morgan fingerprint density at radius 1 is 0.886 bits per heavy atom. The highest BCUT2D eigenvalue weighted by atomic mass is 16.5. The standard InChI is InChI=1S/C27H27N7O/c1-3-4-9-26-28-19(2)17-33(26)18-20-10-11-23(25(16-20)21-12-14-34(35)15-13-21)22-7-5-6-8-24(22)27-29-31-32-30-27/h5-8,10-17,35H,3-4,9,18H2,1-2H3. The molecule has 8 nitrogen and oxygen atoms in total. The number of aryl methyl sites for hydroxylation is 2. The van der Waals surface area contributed by atoms with E-state index in [4.69, 9.17) is 4.98 Å². The quantitative estimate of drug-likeness (QED) is 0.595. The van der Waals surface area contributed by atoms with E-state index in [1.807, 2.05) is 37.3 Å². The molecule has 35 heavy (non-hydrogen) atoms. The maximum atomic E-state index is 9.79. The van der Waals surface area contributed by atoms with Crippen molar-refractivity contribution in [3.8, 4) is 0 Å². The van der Waals surface area contributed by atoms with Gasteiger partial charge in [0.2, 0.25) is 5.82 Å². The highest BCUT2D eigenvalue weighted by Gasteiger charge is 2.08. The van der Waals surface area contributed by atoms with Crippen LogP contribution in [0.15, 0.2) is 93.9 Å². The first-order valence-corrected chi connectivity index (χ1v) is 11.8. The number of benzene rings is 2. The van der Waals surface area contributed by atoms with E-state index in [2.05, 4.69) is 62.6 Å². The summed E-state index contributed by atoms with van der Waals surface area (Å²) in [6.07, 6.45) is 12.4. The van der Waals surface area contributed by atoms with Gasteiger partial charge < -0.3 is 4.57 Å². The molecule has 5 rings (SSSR count). The lowest BCUT2D eigenvalue weighted by atomic mass is 10.0. The van der Waals surface area contributed by atoms with Crippen molar-refractivity contribution in [2.45, 2.75) is 39.7 Å². The van der Waals surface area contributed by atoms with Crippen molar-refractivity contribution in [2.75, 3.05) is 0 Å². The monoisotopic (exact) mass is 465 g/mol. The Hall–Kier alpha value is -4.17. The molecule has 1 aromatic heterocycles. The van der Waals surface area contributed by atoms with Crippen LogP contribution in [0.4, 0.5) is 0 Å². The average Bonchev–Trinajstić information content (AvgIpc) is 3.53. The molecule has 0 bridgehead atoms. The first kappa shape index (κ1) is 22.6. The smallest absolute Gasteiger partial charge is 0.207 e. The van der Waals surface area contributed by atoms with Crippen molar-refractivity contribution in [3.63, 3.8) is 0 Å². The molecule has 0 saturated carbocycles. The van der Waals surface area contributed by atoms with E-state index in [0.29, 0.717) is 5.82 Å². The third-order valence-electron chi connectivity index (χ3n) is 6.07. The van der Waals surface area contributed by atoms with Crippen LogP contribution in [0.1, 0.15) is 36.8 Å². The van der Waals surface area contributed by atoms with Crippen LogP contribution in [-0.2, 0) is 13.0 Å². The molecule has 8 heteroatoms. The van der Waals surface area contributed by atoms with Gasteiger partial charge in [0.05, 0.1) is 5.69 Å². The summed E-state index contributed by atoms with van der Waals surface area (Å²) < 4.78 is 2.25. The molecule has 0 unspecified atom stereocenters. The maximum absolute atomic E-state index is 9.79. The maximum Gasteiger partial charge on any atom is 0.207 e. The summed E-state index contributed by atoms with van der Waals surface area (Å²) in [5, 5.41) is 30.3. The number of hydrogen-bond acceptors (Lipinski definition) is 7. The van der Waals surface area contributed by atoms with E-state index < -0.39 is 0 Å². The van der Waals surface area contributed by atoms with Crippen molar-refractivity contribution in [1.29, 1.82) is 0 Å². The van der Waals surface area contributed by atoms with Gasteiger partial charge in [0.1, 0.15) is 5.82 Å². The number of rotatable bonds is 5. The first-order chi connectivity index (χ1) is 17.1. The van der Waals surface area contributed by atoms with Gasteiger partial charge in [-0.1, -0.05) is 49.7 Å². The minimum atomic E-state index is 0.492. The summed E-state index contributed by atoms with van der Waals surface area (Å²) in [5.74, 6) is 1.61. The van der Waals surface area contributed by atoms with Crippen molar-refractivity contribution in [3.05, 3.63) is 111 Å². The summed E-state index contributed by atoms with van der Waals surface area (Å²) in [6, 6.07) is 14.5. The van der Waals surface area contributed by atoms with Gasteiger partial charge in [-0.3, -0.25) is 5.21 Å². The lowest BCUT2D eigenvalue weighted by molar-refractivity contribution is 0.0109. The summed E-state index contributed by atoms with van der Waals surface area (Å²) in [6.45, 7) is 4.98. The molecular formula is C27H27N7O. The normalized spacial score (nSPS) is 15.6. The molecule has 0 radical (unpaired) electrons. The zero-order valence-corrected chi connectivity index (χ0v) is 19.8. The van der Waals surface area contributed by atoms with Crippen molar-refractivity contribution in [2.24, 2.45) is 20.7 Å². The summed E-state index contributed by atoms with van der Waals surface area (Å²) in [7, 11) is 0. The van der Waals surface area contributed by atoms with Crippen LogP contribution in [0.3, 0.4) is 0 Å². The van der Waals surface area contributed by atoms with Gasteiger partial charge in [0, 0.05) is 36.8 Å². The van der Waals surface area contributed by atoms with Crippen LogP contribution < -0.4 is 10.4 Å². The molecule has 0 atom stereocenters. The highest BCUT2D eigenvalue weighted by molar-refractivity contribution is 5.68. The van der Waals surface area contributed by atoms with Gasteiger partial charge in [-0.2, -0.15) is 0 Å². The summed E-state index contributed by atoms with van der Waals surface area (Å²) >= 11 is 0. The predicted octanol–water partition coefficient (Wildman–Crippen LogP) is 4.65. The number of unbranched alkanes of at least 4 members (excludes halogenated alkanes) is 1. The molecule has 1 N–H and O–H groups in total. The largest absolute Gasteiger partial charge is 0.330 e. The fraction of sp³-hybridized carbons (Fsp3) is 0.222. The molecule has 3 heterocycles. The topological polar surface area (TPSA) is 90.7 Å². The molecule has 176 valence electrons. The molecule has 0 amide bonds. The number of imidazole rings is 1. The number of hydroxylamine groups is 2. The molecule has 3 aromatic rings. The van der Waals surface area contributed by atoms with Gasteiger partial charge in [-0.05, 0) is 68.8 Å². The van der Waals surface area contributed by atoms with Crippen molar-refractivity contribution in [1.82, 2.24) is 14.6 Å². The van der Waals surface area contributed by atoms with Crippen LogP contribution in [-0.4, -0.2) is 19.8 Å². The number of nitrogens with zero attached hydrogens (tertiary/aromatic N) is 7. The fourth-order valence-electron chi connectivity index (χ4n) is 4.39. The molecule has 0 fully saturated rings. The lowest BCUT2D eigenvalue weighted by Crippen LogP contribution is -2.16. The molecule has 2 aliphatic heterocycles. The van der Waals surface area contributed by atoms with E-state index in [0.717, 1.165) is 68.8 Å². The average molecular weight is 466 g/mol. The third-order valence-corrected chi connectivity index (χ3v) is 6.07. The lowest BCUT2D eigenvalue weighted by Gasteiger charge is -2.12. The number of hydrogen-bond donors (Lipinski definition) is 1. The van der Waals surface area contributed by atoms with Gasteiger partial charge >= 0.3 is 0 Å². The third kappa shape index (κ3) is 4.88. The van der Waals surface area contributed by atoms with E-state index in [9.17, 15) is 5.21 Å². The van der Waals surface area contributed by atoms with Gasteiger partial charge in [-0.15, -0.1) is 10.2 Å². The highest BCUT2D eigenvalue weighted by Crippen LogP contribution is 2.13. The Bertz CT molecular complexity index is 1560. The molecule has 0 spiro atoms. The van der Waals surface area contributed by atoms with Crippen LogP contribution >= 0.6 is 0 Å². The van der Waals surface area contributed by atoms with Crippen LogP contribution in [0.2, 0.25) is 0 Å². The van der Waals surface area contributed by atoms with Crippen LogP contribution in [0.5, 0.6) is 0 Å². The fourth-order valence-corrected chi connectivity index (χ4v) is 4.39. The summed E-state index contributed by atoms with van der Waals surface area (Å²) in [5.41, 5.74) is 3.20. The minimum Gasteiger partial charge on any atom is -0.330 e. The Morgan fingerprint density at radius 2 is 1.60 bits per heavy atom. The number of allylic oxidation sites excluding steroid dienone is 2. The molecule has 2 aliphatic rings. The summed E-state index contributed by atoms with van der Waals surface area (Å²) in [4.78, 5) is 4.75. The zero-order chi connectivity index (χ0) is 24.2. The number of aromatic nitrogens is 2. The molecule has 2 aromatic carbocycles. The second-order valence-corrected chi connectivity index (χ2v) is 8.62. The Labute approximate surface area is 202 Å². The van der Waals surface area contributed by atoms with E-state index in [1.54, 1.807) is 12.4 Å². The van der Waals surface area contributed by atoms with Gasteiger partial charge in [-0.25, -0.2) is 10.0 Å². The van der Waals surface area contributed by atoms with Crippen LogP contribution in [0, 0.1) is 17.4 Å². The Kier molecular flexibility index (Phi) is 6.45. The van der Waals surface area contributed by atoms with E-state index in [1.165, 1.54) is 5.56 Å².